The van der Waals surface area contributed by atoms with Crippen molar-refractivity contribution >= 4 is 17.5 Å². The van der Waals surface area contributed by atoms with E-state index in [-0.39, 0.29) is 17.9 Å². The molecule has 3 rings (SSSR count). The molecule has 1 saturated heterocycles. The zero-order valence-electron chi connectivity index (χ0n) is 14.5. The summed E-state index contributed by atoms with van der Waals surface area (Å²) in [4.78, 5) is 30.8. The lowest BCUT2D eigenvalue weighted by molar-refractivity contribution is -0.134. The molecule has 1 aromatic rings. The molecule has 1 aromatic heterocycles. The van der Waals surface area contributed by atoms with Crippen LogP contribution >= 0.6 is 0 Å². The minimum atomic E-state index is -0.599. The Kier molecular flexibility index (Phi) is 4.87. The summed E-state index contributed by atoms with van der Waals surface area (Å²) in [5.41, 5.74) is 1.60. The maximum Gasteiger partial charge on any atom is 0.264 e. The smallest absolute Gasteiger partial charge is 0.264 e. The first-order valence-corrected chi connectivity index (χ1v) is 8.39. The standard InChI is InChI=1S/C17H23N5O3/c1-4-16(23)22-8-12(9-22)5-11(2)19-17(24)15-6-14(20-25-15)13-7-18-21(3)10-13/h4,7,10-12,15H,1,5-6,8-9H2,2-3H3,(H,19,24). The Balaban J connectivity index is 1.41. The van der Waals surface area contributed by atoms with Gasteiger partial charge in [-0.3, -0.25) is 14.3 Å². The van der Waals surface area contributed by atoms with Crippen molar-refractivity contribution in [3.8, 4) is 0 Å². The molecule has 2 amide bonds. The minimum Gasteiger partial charge on any atom is -0.382 e. The molecule has 0 radical (unpaired) electrons. The third-order valence-electron chi connectivity index (χ3n) is 4.52. The zero-order chi connectivity index (χ0) is 18.0. The van der Waals surface area contributed by atoms with Crippen LogP contribution in [0.25, 0.3) is 0 Å². The van der Waals surface area contributed by atoms with Crippen LogP contribution in [0, 0.1) is 5.92 Å². The SMILES string of the molecule is C=CC(=O)N1CC(CC(C)NC(=O)C2CC(c3cnn(C)c3)=NO2)C1. The van der Waals surface area contributed by atoms with Crippen LogP contribution in [-0.2, 0) is 21.5 Å². The molecule has 0 saturated carbocycles. The van der Waals surface area contributed by atoms with E-state index >= 15 is 0 Å². The molecule has 1 fully saturated rings. The summed E-state index contributed by atoms with van der Waals surface area (Å²) < 4.78 is 1.69. The molecule has 3 heterocycles. The lowest BCUT2D eigenvalue weighted by atomic mass is 9.92. The van der Waals surface area contributed by atoms with Gasteiger partial charge in [-0.05, 0) is 25.3 Å². The van der Waals surface area contributed by atoms with Gasteiger partial charge in [0.2, 0.25) is 12.0 Å². The third kappa shape index (κ3) is 3.89. The highest BCUT2D eigenvalue weighted by atomic mass is 16.6. The summed E-state index contributed by atoms with van der Waals surface area (Å²) in [7, 11) is 1.83. The van der Waals surface area contributed by atoms with E-state index in [1.54, 1.807) is 15.8 Å². The van der Waals surface area contributed by atoms with Gasteiger partial charge in [0, 0.05) is 44.4 Å². The fourth-order valence-corrected chi connectivity index (χ4v) is 3.18. The fourth-order valence-electron chi connectivity index (χ4n) is 3.18. The van der Waals surface area contributed by atoms with E-state index in [0.29, 0.717) is 12.3 Å². The van der Waals surface area contributed by atoms with Crippen LogP contribution in [0.3, 0.4) is 0 Å². The van der Waals surface area contributed by atoms with Crippen LogP contribution in [0.5, 0.6) is 0 Å². The molecule has 2 aliphatic rings. The lowest BCUT2D eigenvalue weighted by Crippen LogP contribution is -2.52. The Labute approximate surface area is 146 Å². The summed E-state index contributed by atoms with van der Waals surface area (Å²) in [5.74, 6) is 0.215. The summed E-state index contributed by atoms with van der Waals surface area (Å²) in [6.07, 6.45) is 5.55. The van der Waals surface area contributed by atoms with Crippen LogP contribution in [-0.4, -0.2) is 57.4 Å². The molecular weight excluding hydrogens is 322 g/mol. The number of likely N-dealkylation sites (tertiary alicyclic amines) is 1. The van der Waals surface area contributed by atoms with Crippen molar-refractivity contribution in [3.05, 3.63) is 30.6 Å². The topological polar surface area (TPSA) is 88.8 Å². The van der Waals surface area contributed by atoms with E-state index in [4.69, 9.17) is 4.84 Å². The maximum absolute atomic E-state index is 12.3. The van der Waals surface area contributed by atoms with Crippen molar-refractivity contribution in [3.63, 3.8) is 0 Å². The van der Waals surface area contributed by atoms with Crippen LogP contribution < -0.4 is 5.32 Å². The van der Waals surface area contributed by atoms with Gasteiger partial charge < -0.3 is 15.1 Å². The lowest BCUT2D eigenvalue weighted by Gasteiger charge is -2.40. The first-order chi connectivity index (χ1) is 12.0. The van der Waals surface area contributed by atoms with Gasteiger partial charge in [-0.1, -0.05) is 11.7 Å². The van der Waals surface area contributed by atoms with E-state index in [0.717, 1.165) is 30.8 Å². The zero-order valence-corrected chi connectivity index (χ0v) is 14.5. The first kappa shape index (κ1) is 17.2. The van der Waals surface area contributed by atoms with Crippen LogP contribution in [0.2, 0.25) is 0 Å². The number of aryl methyl sites for hydroxylation is 1. The van der Waals surface area contributed by atoms with E-state index in [9.17, 15) is 9.59 Å². The molecule has 1 N–H and O–H groups in total. The number of oxime groups is 1. The molecule has 0 aliphatic carbocycles. The van der Waals surface area contributed by atoms with Gasteiger partial charge in [0.15, 0.2) is 0 Å². The molecule has 25 heavy (non-hydrogen) atoms. The van der Waals surface area contributed by atoms with Gasteiger partial charge in [0.05, 0.1) is 11.9 Å². The predicted octanol–water partition coefficient (Wildman–Crippen LogP) is 0.452. The van der Waals surface area contributed by atoms with Crippen molar-refractivity contribution in [2.45, 2.75) is 31.9 Å². The van der Waals surface area contributed by atoms with Gasteiger partial charge in [0.25, 0.3) is 5.91 Å². The van der Waals surface area contributed by atoms with Crippen LogP contribution in [0.1, 0.15) is 25.3 Å². The minimum absolute atomic E-state index is 0.0181. The normalized spacial score (nSPS) is 21.1. The fraction of sp³-hybridized carbons (Fsp3) is 0.529. The van der Waals surface area contributed by atoms with Gasteiger partial charge in [-0.15, -0.1) is 0 Å². The number of rotatable bonds is 6. The molecule has 0 spiro atoms. The second kappa shape index (κ2) is 7.08. The monoisotopic (exact) mass is 345 g/mol. The highest BCUT2D eigenvalue weighted by Crippen LogP contribution is 2.21. The first-order valence-electron chi connectivity index (χ1n) is 8.39. The molecule has 8 heteroatoms. The highest BCUT2D eigenvalue weighted by Gasteiger charge is 2.33. The summed E-state index contributed by atoms with van der Waals surface area (Å²) in [6, 6.07) is 0.0181. The van der Waals surface area contributed by atoms with Crippen molar-refractivity contribution in [2.24, 2.45) is 18.1 Å². The van der Waals surface area contributed by atoms with E-state index < -0.39 is 6.10 Å². The largest absolute Gasteiger partial charge is 0.382 e. The molecule has 2 aliphatic heterocycles. The van der Waals surface area contributed by atoms with Crippen LogP contribution in [0.4, 0.5) is 0 Å². The number of nitrogens with zero attached hydrogens (tertiary/aromatic N) is 4. The van der Waals surface area contributed by atoms with Crippen molar-refractivity contribution in [1.29, 1.82) is 0 Å². The number of amides is 2. The molecule has 134 valence electrons. The van der Waals surface area contributed by atoms with Gasteiger partial charge in [0.1, 0.15) is 0 Å². The number of hydrogen-bond donors (Lipinski definition) is 1. The maximum atomic E-state index is 12.3. The highest BCUT2D eigenvalue weighted by molar-refractivity contribution is 6.03. The van der Waals surface area contributed by atoms with E-state index in [2.05, 4.69) is 22.2 Å². The molecule has 2 atom stereocenters. The van der Waals surface area contributed by atoms with Crippen molar-refractivity contribution in [1.82, 2.24) is 20.0 Å². The van der Waals surface area contributed by atoms with E-state index in [1.807, 2.05) is 20.2 Å². The van der Waals surface area contributed by atoms with Gasteiger partial charge in [-0.2, -0.15) is 5.10 Å². The summed E-state index contributed by atoms with van der Waals surface area (Å²) >= 11 is 0. The summed E-state index contributed by atoms with van der Waals surface area (Å²) in [6.45, 7) is 6.89. The Morgan fingerprint density at radius 1 is 1.52 bits per heavy atom. The van der Waals surface area contributed by atoms with Crippen LogP contribution in [0.15, 0.2) is 30.2 Å². The molecule has 0 aromatic carbocycles. The number of hydrogen-bond acceptors (Lipinski definition) is 5. The predicted molar refractivity (Wildman–Crippen MR) is 91.7 cm³/mol. The Hall–Kier alpha value is -2.64. The van der Waals surface area contributed by atoms with Crippen molar-refractivity contribution in [2.75, 3.05) is 13.1 Å². The Morgan fingerprint density at radius 2 is 2.28 bits per heavy atom. The number of carbonyl (C=O) groups excluding carboxylic acids is 2. The number of aromatic nitrogens is 2. The molecular formula is C17H23N5O3. The quantitative estimate of drug-likeness (QED) is 0.758. The van der Waals surface area contributed by atoms with Crippen molar-refractivity contribution < 1.29 is 14.4 Å². The second-order valence-corrected chi connectivity index (χ2v) is 6.70. The van der Waals surface area contributed by atoms with Gasteiger partial charge >= 0.3 is 0 Å². The average Bonchev–Trinajstić information content (AvgIpc) is 3.18. The third-order valence-corrected chi connectivity index (χ3v) is 4.52. The Bertz CT molecular complexity index is 705. The molecule has 2 unspecified atom stereocenters. The number of carbonyl (C=O) groups is 2. The second-order valence-electron chi connectivity index (χ2n) is 6.70. The Morgan fingerprint density at radius 3 is 2.92 bits per heavy atom. The molecule has 8 nitrogen and oxygen atoms in total. The van der Waals surface area contributed by atoms with Gasteiger partial charge in [-0.25, -0.2) is 0 Å². The summed E-state index contributed by atoms with van der Waals surface area (Å²) in [5, 5.41) is 11.1. The average molecular weight is 345 g/mol. The molecule has 0 bridgehead atoms. The van der Waals surface area contributed by atoms with E-state index in [1.165, 1.54) is 6.08 Å². The number of nitrogens with one attached hydrogen (secondary N) is 1.